The molecule has 2 aromatic rings. The first-order chi connectivity index (χ1) is 16.5. The summed E-state index contributed by atoms with van der Waals surface area (Å²) in [6, 6.07) is 15.4. The van der Waals surface area contributed by atoms with Gasteiger partial charge in [0.05, 0.1) is 5.69 Å². The Morgan fingerprint density at radius 3 is 2.38 bits per heavy atom. The van der Waals surface area contributed by atoms with Crippen LogP contribution in [0, 0.1) is 11.7 Å². The number of carbonyl (C=O) groups excluding carboxylic acids is 2. The lowest BCUT2D eigenvalue weighted by Crippen LogP contribution is -2.41. The minimum atomic E-state index is -0.301. The van der Waals surface area contributed by atoms with Crippen molar-refractivity contribution >= 4 is 23.2 Å². The molecule has 2 amide bonds. The number of hydrogen-bond acceptors (Lipinski definition) is 3. The van der Waals surface area contributed by atoms with Crippen LogP contribution < -0.4 is 10.2 Å². The molecule has 2 fully saturated rings. The molecule has 6 heteroatoms. The molecular formula is C28H36FN3O2. The average Bonchev–Trinajstić information content (AvgIpc) is 2.88. The van der Waals surface area contributed by atoms with Crippen molar-refractivity contribution in [3.8, 4) is 0 Å². The van der Waals surface area contributed by atoms with E-state index >= 15 is 0 Å². The molecular weight excluding hydrogens is 429 g/mol. The summed E-state index contributed by atoms with van der Waals surface area (Å²) in [4.78, 5) is 29.3. The maximum Gasteiger partial charge on any atom is 0.227 e. The molecule has 0 unspecified atom stereocenters. The lowest BCUT2D eigenvalue weighted by Gasteiger charge is -2.33. The number of carbonyl (C=O) groups is 2. The number of amides is 2. The van der Waals surface area contributed by atoms with Crippen molar-refractivity contribution in [1.82, 2.24) is 4.90 Å². The Balaban J connectivity index is 1.25. The predicted molar refractivity (Wildman–Crippen MR) is 134 cm³/mol. The second-order valence-electron chi connectivity index (χ2n) is 9.70. The Labute approximate surface area is 202 Å². The quantitative estimate of drug-likeness (QED) is 0.595. The largest absolute Gasteiger partial charge is 0.369 e. The van der Waals surface area contributed by atoms with E-state index in [1.54, 1.807) is 12.1 Å². The van der Waals surface area contributed by atoms with Gasteiger partial charge in [-0.25, -0.2) is 4.39 Å². The number of benzene rings is 2. The van der Waals surface area contributed by atoms with Gasteiger partial charge in [0.1, 0.15) is 5.82 Å². The van der Waals surface area contributed by atoms with Gasteiger partial charge in [0.15, 0.2) is 0 Å². The van der Waals surface area contributed by atoms with E-state index in [2.05, 4.69) is 5.32 Å². The second kappa shape index (κ2) is 11.5. The van der Waals surface area contributed by atoms with Gasteiger partial charge in [-0.2, -0.15) is 0 Å². The molecule has 1 heterocycles. The summed E-state index contributed by atoms with van der Waals surface area (Å²) in [7, 11) is 1.96. The van der Waals surface area contributed by atoms with E-state index in [9.17, 15) is 14.0 Å². The summed E-state index contributed by atoms with van der Waals surface area (Å²) < 4.78 is 14.8. The maximum absolute atomic E-state index is 14.8. The summed E-state index contributed by atoms with van der Waals surface area (Å²) in [5.74, 6) is -0.415. The molecule has 1 saturated carbocycles. The molecule has 0 radical (unpaired) electrons. The van der Waals surface area contributed by atoms with Crippen LogP contribution in [0.25, 0.3) is 0 Å². The van der Waals surface area contributed by atoms with E-state index in [4.69, 9.17) is 0 Å². The summed E-state index contributed by atoms with van der Waals surface area (Å²) >= 11 is 0. The highest BCUT2D eigenvalue weighted by atomic mass is 19.1. The summed E-state index contributed by atoms with van der Waals surface area (Å²) in [6.45, 7) is 1.18. The number of rotatable bonds is 7. The third-order valence-electron chi connectivity index (χ3n) is 7.41. The Bertz CT molecular complexity index is 967. The fourth-order valence-corrected chi connectivity index (χ4v) is 5.23. The fraction of sp³-hybridized carbons (Fsp3) is 0.500. The van der Waals surface area contributed by atoms with Gasteiger partial charge < -0.3 is 15.1 Å². The van der Waals surface area contributed by atoms with Crippen LogP contribution in [0.3, 0.4) is 0 Å². The highest BCUT2D eigenvalue weighted by Crippen LogP contribution is 2.29. The zero-order chi connectivity index (χ0) is 23.9. The van der Waals surface area contributed by atoms with Crippen molar-refractivity contribution in [2.24, 2.45) is 5.92 Å². The zero-order valence-electron chi connectivity index (χ0n) is 20.1. The monoisotopic (exact) mass is 465 g/mol. The maximum atomic E-state index is 14.8. The Morgan fingerprint density at radius 2 is 1.71 bits per heavy atom. The SMILES string of the molecule is CN(c1ccc(NC(=O)C2CCN(C(=O)CCc3ccccc3)CC2)cc1F)C1CCCCC1. The van der Waals surface area contributed by atoms with Gasteiger partial charge in [0.25, 0.3) is 0 Å². The van der Waals surface area contributed by atoms with Gasteiger partial charge in [-0.1, -0.05) is 49.6 Å². The van der Waals surface area contributed by atoms with Crippen molar-refractivity contribution in [3.63, 3.8) is 0 Å². The molecule has 5 nitrogen and oxygen atoms in total. The minimum absolute atomic E-state index is 0.0934. The number of nitrogens with zero attached hydrogens (tertiary/aromatic N) is 2. The zero-order valence-corrected chi connectivity index (χ0v) is 20.1. The standard InChI is InChI=1S/C28H36FN3O2/c1-31(24-10-6-3-7-11-24)26-14-13-23(20-25(26)29)30-28(34)22-16-18-32(19-17-22)27(33)15-12-21-8-4-2-5-9-21/h2,4-5,8-9,13-14,20,22,24H,3,6-7,10-12,15-19H2,1H3,(H,30,34). The highest BCUT2D eigenvalue weighted by molar-refractivity contribution is 5.93. The number of piperidine rings is 1. The third-order valence-corrected chi connectivity index (χ3v) is 7.41. The van der Waals surface area contributed by atoms with Crippen molar-refractivity contribution < 1.29 is 14.0 Å². The Hall–Kier alpha value is -2.89. The van der Waals surface area contributed by atoms with E-state index in [0.717, 1.165) is 24.8 Å². The van der Waals surface area contributed by atoms with Crippen LogP contribution in [0.2, 0.25) is 0 Å². The molecule has 34 heavy (non-hydrogen) atoms. The first-order valence-corrected chi connectivity index (χ1v) is 12.7. The van der Waals surface area contributed by atoms with Gasteiger partial charge >= 0.3 is 0 Å². The summed E-state index contributed by atoms with van der Waals surface area (Å²) in [6.07, 6.45) is 8.34. The number of aryl methyl sites for hydroxylation is 1. The number of anilines is 2. The number of nitrogens with one attached hydrogen (secondary N) is 1. The van der Waals surface area contributed by atoms with Crippen molar-refractivity contribution in [2.45, 2.75) is 63.8 Å². The fourth-order valence-electron chi connectivity index (χ4n) is 5.23. The van der Waals surface area contributed by atoms with Crippen LogP contribution in [0.4, 0.5) is 15.8 Å². The average molecular weight is 466 g/mol. The van der Waals surface area contributed by atoms with E-state index < -0.39 is 0 Å². The molecule has 1 aliphatic carbocycles. The lowest BCUT2D eigenvalue weighted by molar-refractivity contribution is -0.134. The van der Waals surface area contributed by atoms with Gasteiger partial charge in [-0.15, -0.1) is 0 Å². The van der Waals surface area contributed by atoms with Crippen molar-refractivity contribution in [3.05, 3.63) is 59.9 Å². The second-order valence-corrected chi connectivity index (χ2v) is 9.70. The van der Waals surface area contributed by atoms with Gasteiger partial charge in [-0.05, 0) is 55.9 Å². The molecule has 0 bridgehead atoms. The molecule has 1 aliphatic heterocycles. The molecule has 182 valence electrons. The first kappa shape index (κ1) is 24.2. The van der Waals surface area contributed by atoms with E-state index in [0.29, 0.717) is 49.8 Å². The molecule has 0 atom stereocenters. The van der Waals surface area contributed by atoms with E-state index in [1.165, 1.54) is 25.3 Å². The Morgan fingerprint density at radius 1 is 1.00 bits per heavy atom. The van der Waals surface area contributed by atoms with Crippen LogP contribution in [0.5, 0.6) is 0 Å². The smallest absolute Gasteiger partial charge is 0.227 e. The molecule has 1 saturated heterocycles. The lowest BCUT2D eigenvalue weighted by atomic mass is 9.94. The number of halogens is 1. The molecule has 2 aliphatic rings. The van der Waals surface area contributed by atoms with Crippen LogP contribution in [0.1, 0.15) is 56.9 Å². The predicted octanol–water partition coefficient (Wildman–Crippen LogP) is 5.40. The highest BCUT2D eigenvalue weighted by Gasteiger charge is 2.27. The summed E-state index contributed by atoms with van der Waals surface area (Å²) in [5, 5.41) is 2.89. The van der Waals surface area contributed by atoms with Crippen molar-refractivity contribution in [2.75, 3.05) is 30.4 Å². The van der Waals surface area contributed by atoms with Crippen LogP contribution >= 0.6 is 0 Å². The topological polar surface area (TPSA) is 52.7 Å². The number of likely N-dealkylation sites (tertiary alicyclic amines) is 1. The molecule has 0 aromatic heterocycles. The minimum Gasteiger partial charge on any atom is -0.369 e. The van der Waals surface area contributed by atoms with E-state index in [-0.39, 0.29) is 23.5 Å². The molecule has 2 aromatic carbocycles. The van der Waals surface area contributed by atoms with Crippen molar-refractivity contribution in [1.29, 1.82) is 0 Å². The van der Waals surface area contributed by atoms with Crippen LogP contribution in [-0.2, 0) is 16.0 Å². The van der Waals surface area contributed by atoms with Crippen LogP contribution in [-0.4, -0.2) is 42.9 Å². The van der Waals surface area contributed by atoms with Gasteiger partial charge in [0, 0.05) is 44.2 Å². The van der Waals surface area contributed by atoms with Gasteiger partial charge in [0.2, 0.25) is 11.8 Å². The normalized spacial score (nSPS) is 17.4. The number of hydrogen-bond donors (Lipinski definition) is 1. The first-order valence-electron chi connectivity index (χ1n) is 12.7. The molecule has 4 rings (SSSR count). The summed E-state index contributed by atoms with van der Waals surface area (Å²) in [5.41, 5.74) is 2.24. The Kier molecular flexibility index (Phi) is 8.20. The molecule has 1 N–H and O–H groups in total. The molecule has 0 spiro atoms. The van der Waals surface area contributed by atoms with Gasteiger partial charge in [-0.3, -0.25) is 9.59 Å². The van der Waals surface area contributed by atoms with E-state index in [1.807, 2.05) is 47.2 Å². The van der Waals surface area contributed by atoms with Crippen LogP contribution in [0.15, 0.2) is 48.5 Å². The third kappa shape index (κ3) is 6.16.